The van der Waals surface area contributed by atoms with E-state index in [-0.39, 0.29) is 18.4 Å². The first-order chi connectivity index (χ1) is 20.0. The van der Waals surface area contributed by atoms with E-state index in [1.165, 1.54) is 5.56 Å². The van der Waals surface area contributed by atoms with Crippen molar-refractivity contribution in [3.63, 3.8) is 0 Å². The third-order valence-electron chi connectivity index (χ3n) is 7.85. The molecule has 218 valence electrons. The number of amides is 3. The molecule has 8 nitrogen and oxygen atoms in total. The summed E-state index contributed by atoms with van der Waals surface area (Å²) in [6.45, 7) is 5.80. The number of rotatable bonds is 11. The van der Waals surface area contributed by atoms with E-state index in [1.807, 2.05) is 43.3 Å². The molecule has 0 radical (unpaired) electrons. The topological polar surface area (TPSA) is 91.0 Å². The van der Waals surface area contributed by atoms with E-state index in [4.69, 9.17) is 4.74 Å². The molecular formula is C33H42N4O4. The number of piperazine rings is 1. The quantitative estimate of drug-likeness (QED) is 0.323. The van der Waals surface area contributed by atoms with Crippen LogP contribution in [0, 0.1) is 11.8 Å². The normalized spacial score (nSPS) is 18.4. The third kappa shape index (κ3) is 8.34. The van der Waals surface area contributed by atoms with Crippen molar-refractivity contribution in [3.05, 3.63) is 71.8 Å². The van der Waals surface area contributed by atoms with Gasteiger partial charge in [-0.3, -0.25) is 9.59 Å². The molecule has 2 N–H and O–H groups in total. The Morgan fingerprint density at radius 1 is 1.00 bits per heavy atom. The molecule has 1 atom stereocenters. The Labute approximate surface area is 243 Å². The molecule has 8 heteroatoms. The van der Waals surface area contributed by atoms with Gasteiger partial charge in [-0.25, -0.2) is 4.79 Å². The van der Waals surface area contributed by atoms with Crippen molar-refractivity contribution in [1.82, 2.24) is 20.4 Å². The average molecular weight is 559 g/mol. The largest absolute Gasteiger partial charge is 0.445 e. The highest BCUT2D eigenvalue weighted by molar-refractivity contribution is 6.01. The summed E-state index contributed by atoms with van der Waals surface area (Å²) in [5, 5.41) is 5.64. The van der Waals surface area contributed by atoms with Crippen molar-refractivity contribution < 1.29 is 19.1 Å². The van der Waals surface area contributed by atoms with Crippen LogP contribution in [0.2, 0.25) is 0 Å². The Bertz CT molecular complexity index is 1200. The summed E-state index contributed by atoms with van der Waals surface area (Å²) in [6, 6.07) is 19.2. The number of carbonyl (C=O) groups is 3. The van der Waals surface area contributed by atoms with E-state index in [2.05, 4.69) is 51.6 Å². The minimum absolute atomic E-state index is 0.0865. The number of unbranched alkanes of at least 4 members (excludes halogenated alkanes) is 1. The zero-order valence-electron chi connectivity index (χ0n) is 24.1. The summed E-state index contributed by atoms with van der Waals surface area (Å²) in [5.74, 6) is 5.80. The lowest BCUT2D eigenvalue weighted by Crippen LogP contribution is -2.72. The van der Waals surface area contributed by atoms with Crippen LogP contribution in [-0.4, -0.2) is 72.0 Å². The van der Waals surface area contributed by atoms with Crippen LogP contribution >= 0.6 is 0 Å². The highest BCUT2D eigenvalue weighted by Crippen LogP contribution is 2.33. The fourth-order valence-corrected chi connectivity index (χ4v) is 5.57. The summed E-state index contributed by atoms with van der Waals surface area (Å²) in [6.07, 6.45) is 4.82. The van der Waals surface area contributed by atoms with Crippen LogP contribution in [0.4, 0.5) is 4.79 Å². The Balaban J connectivity index is 1.21. The van der Waals surface area contributed by atoms with Crippen LogP contribution in [0.1, 0.15) is 56.6 Å². The van der Waals surface area contributed by atoms with E-state index in [0.717, 1.165) is 44.5 Å². The molecule has 0 aromatic heterocycles. The van der Waals surface area contributed by atoms with Gasteiger partial charge < -0.3 is 25.2 Å². The second-order valence-corrected chi connectivity index (χ2v) is 10.8. The number of nitrogens with one attached hydrogen (secondary N) is 2. The van der Waals surface area contributed by atoms with Crippen molar-refractivity contribution in [2.24, 2.45) is 0 Å². The SMILES string of the molecule is CCCN1C(=O)[C@H](C#CCCCNC(=O)OCc2ccccc2)NC(=O)C12CCN(CCCc1ccccc1)CC2. The molecule has 2 aromatic rings. The molecule has 1 spiro atoms. The fourth-order valence-electron chi connectivity index (χ4n) is 5.57. The monoisotopic (exact) mass is 558 g/mol. The molecule has 4 rings (SSSR count). The molecule has 0 aliphatic carbocycles. The molecule has 2 aliphatic rings. The molecule has 2 aromatic carbocycles. The molecular weight excluding hydrogens is 516 g/mol. The van der Waals surface area contributed by atoms with Crippen molar-refractivity contribution in [3.8, 4) is 11.8 Å². The maximum atomic E-state index is 13.5. The van der Waals surface area contributed by atoms with Gasteiger partial charge in [-0.15, -0.1) is 5.92 Å². The number of aryl methyl sites for hydroxylation is 1. The molecule has 41 heavy (non-hydrogen) atoms. The highest BCUT2D eigenvalue weighted by Gasteiger charge is 2.53. The number of benzene rings is 2. The van der Waals surface area contributed by atoms with Crippen LogP contribution in [0.15, 0.2) is 60.7 Å². The number of piperidine rings is 1. The highest BCUT2D eigenvalue weighted by atomic mass is 16.5. The van der Waals surface area contributed by atoms with Crippen LogP contribution in [0.3, 0.4) is 0 Å². The van der Waals surface area contributed by atoms with Crippen molar-refractivity contribution in [2.75, 3.05) is 32.7 Å². The predicted octanol–water partition coefficient (Wildman–Crippen LogP) is 3.90. The summed E-state index contributed by atoms with van der Waals surface area (Å²) < 4.78 is 5.20. The van der Waals surface area contributed by atoms with Gasteiger partial charge in [-0.1, -0.05) is 73.5 Å². The number of hydrogen-bond donors (Lipinski definition) is 2. The average Bonchev–Trinajstić information content (AvgIpc) is 3.00. The van der Waals surface area contributed by atoms with Gasteiger partial charge in [0.25, 0.3) is 5.91 Å². The van der Waals surface area contributed by atoms with E-state index in [1.54, 1.807) is 4.90 Å². The number of ether oxygens (including phenoxy) is 1. The summed E-state index contributed by atoms with van der Waals surface area (Å²) >= 11 is 0. The second-order valence-electron chi connectivity index (χ2n) is 10.8. The van der Waals surface area contributed by atoms with Crippen LogP contribution in [-0.2, 0) is 27.4 Å². The number of alkyl carbamates (subject to hydrolysis) is 1. The van der Waals surface area contributed by atoms with Gasteiger partial charge in [0, 0.05) is 32.6 Å². The zero-order valence-corrected chi connectivity index (χ0v) is 24.1. The lowest BCUT2D eigenvalue weighted by atomic mass is 9.81. The first-order valence-electron chi connectivity index (χ1n) is 14.8. The van der Waals surface area contributed by atoms with Gasteiger partial charge in [0.2, 0.25) is 5.91 Å². The van der Waals surface area contributed by atoms with Gasteiger partial charge in [0.05, 0.1) is 0 Å². The predicted molar refractivity (Wildman–Crippen MR) is 159 cm³/mol. The van der Waals surface area contributed by atoms with Gasteiger partial charge in [-0.2, -0.15) is 0 Å². The first-order valence-corrected chi connectivity index (χ1v) is 14.8. The lowest BCUT2D eigenvalue weighted by Gasteiger charge is -2.51. The molecule has 0 bridgehead atoms. The Morgan fingerprint density at radius 3 is 2.37 bits per heavy atom. The maximum Gasteiger partial charge on any atom is 0.407 e. The smallest absolute Gasteiger partial charge is 0.407 e. The van der Waals surface area contributed by atoms with Gasteiger partial charge in [0.15, 0.2) is 6.04 Å². The van der Waals surface area contributed by atoms with E-state index in [9.17, 15) is 14.4 Å². The summed E-state index contributed by atoms with van der Waals surface area (Å²) in [5.41, 5.74) is 1.48. The molecule has 2 saturated heterocycles. The molecule has 2 aliphatic heterocycles. The van der Waals surface area contributed by atoms with Crippen LogP contribution in [0.25, 0.3) is 0 Å². The Kier molecular flexibility index (Phi) is 11.2. The fraction of sp³-hybridized carbons (Fsp3) is 0.485. The summed E-state index contributed by atoms with van der Waals surface area (Å²) in [7, 11) is 0. The number of nitrogens with zero attached hydrogens (tertiary/aromatic N) is 2. The van der Waals surface area contributed by atoms with Crippen molar-refractivity contribution in [1.29, 1.82) is 0 Å². The van der Waals surface area contributed by atoms with E-state index < -0.39 is 17.7 Å². The molecule has 2 fully saturated rings. The standard InChI is InChI=1S/C33H42N4O4/c1-2-22-37-30(38)29(18-10-5-11-21-34-32(40)41-26-28-15-8-4-9-16-28)35-31(39)33(37)19-24-36(25-20-33)23-12-17-27-13-6-3-7-14-27/h3-4,6-9,13-16,29H,2,5,11-12,17,19-26H2,1H3,(H,34,40)(H,35,39)/t29-/m0/s1. The Hall–Kier alpha value is -3.83. The van der Waals surface area contributed by atoms with E-state index in [0.29, 0.717) is 38.8 Å². The zero-order chi connectivity index (χ0) is 28.9. The van der Waals surface area contributed by atoms with Crippen molar-refractivity contribution in [2.45, 2.75) is 70.1 Å². The van der Waals surface area contributed by atoms with Gasteiger partial charge >= 0.3 is 6.09 Å². The molecule has 3 amide bonds. The van der Waals surface area contributed by atoms with Crippen LogP contribution in [0.5, 0.6) is 0 Å². The van der Waals surface area contributed by atoms with Crippen molar-refractivity contribution >= 4 is 17.9 Å². The Morgan fingerprint density at radius 2 is 1.68 bits per heavy atom. The van der Waals surface area contributed by atoms with Crippen LogP contribution < -0.4 is 10.6 Å². The first kappa shape index (κ1) is 30.1. The number of likely N-dealkylation sites (tertiary alicyclic amines) is 1. The minimum atomic E-state index is -0.827. The van der Waals surface area contributed by atoms with Gasteiger partial charge in [-0.05, 0) is 56.2 Å². The lowest BCUT2D eigenvalue weighted by molar-refractivity contribution is -0.159. The number of carbonyl (C=O) groups excluding carboxylic acids is 3. The second kappa shape index (κ2) is 15.2. The minimum Gasteiger partial charge on any atom is -0.445 e. The van der Waals surface area contributed by atoms with E-state index >= 15 is 0 Å². The summed E-state index contributed by atoms with van der Waals surface area (Å²) in [4.78, 5) is 43.0. The van der Waals surface area contributed by atoms with Gasteiger partial charge in [0.1, 0.15) is 12.1 Å². The molecule has 0 unspecified atom stereocenters. The molecule has 0 saturated carbocycles. The number of hydrogen-bond acceptors (Lipinski definition) is 5. The third-order valence-corrected chi connectivity index (χ3v) is 7.85. The maximum absolute atomic E-state index is 13.5. The molecule has 2 heterocycles.